The fourth-order valence-electron chi connectivity index (χ4n) is 2.63. The molecule has 116 valence electrons. The van der Waals surface area contributed by atoms with Crippen molar-refractivity contribution in [3.63, 3.8) is 0 Å². The van der Waals surface area contributed by atoms with Gasteiger partial charge in [0, 0.05) is 45.5 Å². The molecule has 0 spiro atoms. The average molecular weight is 292 g/mol. The van der Waals surface area contributed by atoms with Crippen LogP contribution in [0.25, 0.3) is 0 Å². The Morgan fingerprint density at radius 1 is 1.19 bits per heavy atom. The molecule has 0 aromatic carbocycles. The Kier molecular flexibility index (Phi) is 6.51. The number of hydrogen-bond acceptors (Lipinski definition) is 5. The number of rotatable bonds is 5. The highest BCUT2D eigenvalue weighted by atomic mass is 16.5. The van der Waals surface area contributed by atoms with Crippen LogP contribution in [0.1, 0.15) is 19.3 Å². The van der Waals surface area contributed by atoms with Crippen molar-refractivity contribution in [2.75, 3.05) is 52.5 Å². The van der Waals surface area contributed by atoms with Crippen LogP contribution in [0.5, 0.6) is 0 Å². The maximum atomic E-state index is 12.2. The Morgan fingerprint density at radius 3 is 2.57 bits per heavy atom. The summed E-state index contributed by atoms with van der Waals surface area (Å²) in [5.74, 6) is -0.143. The molecule has 0 aromatic rings. The zero-order chi connectivity index (χ0) is 14.9. The van der Waals surface area contributed by atoms with Crippen LogP contribution < -0.4 is 5.32 Å². The molecule has 0 unspecified atom stereocenters. The van der Waals surface area contributed by atoms with E-state index in [0.29, 0.717) is 0 Å². The van der Waals surface area contributed by atoms with Gasteiger partial charge in [-0.1, -0.05) is 0 Å². The minimum absolute atomic E-state index is 0.143. The standard InChI is InChI=1S/C15H24N4O2/c16-12-14(15(20)19-5-2-1-3-6-19)13-17-4-7-18-8-10-21-11-9-18/h13,17H,1-11H2/b14-13-. The molecule has 2 rings (SSSR count). The van der Waals surface area contributed by atoms with Crippen molar-refractivity contribution in [3.05, 3.63) is 11.8 Å². The highest BCUT2D eigenvalue weighted by Crippen LogP contribution is 2.11. The number of amides is 1. The Bertz CT molecular complexity index is 404. The molecule has 2 fully saturated rings. The van der Waals surface area contributed by atoms with E-state index < -0.39 is 0 Å². The third-order valence-electron chi connectivity index (χ3n) is 3.92. The third kappa shape index (κ3) is 5.03. The summed E-state index contributed by atoms with van der Waals surface area (Å²) in [6.07, 6.45) is 4.81. The van der Waals surface area contributed by atoms with Crippen LogP contribution in [0.3, 0.4) is 0 Å². The molecule has 0 aromatic heterocycles. The molecule has 0 bridgehead atoms. The van der Waals surface area contributed by atoms with Gasteiger partial charge >= 0.3 is 0 Å². The molecule has 0 aliphatic carbocycles. The monoisotopic (exact) mass is 292 g/mol. The molecule has 1 amide bonds. The number of nitrogens with zero attached hydrogens (tertiary/aromatic N) is 3. The number of ether oxygens (including phenoxy) is 1. The minimum atomic E-state index is -0.143. The van der Waals surface area contributed by atoms with E-state index in [9.17, 15) is 4.79 Å². The maximum absolute atomic E-state index is 12.2. The maximum Gasteiger partial charge on any atom is 0.265 e. The molecule has 2 aliphatic rings. The van der Waals surface area contributed by atoms with Gasteiger partial charge < -0.3 is 15.0 Å². The van der Waals surface area contributed by atoms with E-state index in [2.05, 4.69) is 10.2 Å². The van der Waals surface area contributed by atoms with Crippen molar-refractivity contribution in [2.45, 2.75) is 19.3 Å². The Labute approximate surface area is 126 Å². The van der Waals surface area contributed by atoms with Gasteiger partial charge in [0.05, 0.1) is 13.2 Å². The van der Waals surface area contributed by atoms with E-state index in [1.165, 1.54) is 6.42 Å². The summed E-state index contributed by atoms with van der Waals surface area (Å²) in [6.45, 7) is 6.64. The molecule has 0 radical (unpaired) electrons. The van der Waals surface area contributed by atoms with E-state index >= 15 is 0 Å². The lowest BCUT2D eigenvalue weighted by atomic mass is 10.1. The number of carbonyl (C=O) groups excluding carboxylic acids is 1. The lowest BCUT2D eigenvalue weighted by molar-refractivity contribution is -0.127. The van der Waals surface area contributed by atoms with E-state index in [0.717, 1.165) is 65.3 Å². The van der Waals surface area contributed by atoms with Crippen molar-refractivity contribution in [3.8, 4) is 6.07 Å². The van der Waals surface area contributed by atoms with Crippen LogP contribution in [0.4, 0.5) is 0 Å². The number of hydrogen-bond donors (Lipinski definition) is 1. The first kappa shape index (κ1) is 15.8. The molecule has 1 N–H and O–H groups in total. The summed E-state index contributed by atoms with van der Waals surface area (Å²) in [7, 11) is 0. The molecule has 0 saturated carbocycles. The molecule has 2 aliphatic heterocycles. The summed E-state index contributed by atoms with van der Waals surface area (Å²) in [4.78, 5) is 16.3. The van der Waals surface area contributed by atoms with Gasteiger partial charge in [0.1, 0.15) is 11.6 Å². The van der Waals surface area contributed by atoms with Crippen LogP contribution in [0.2, 0.25) is 0 Å². The van der Waals surface area contributed by atoms with E-state index in [-0.39, 0.29) is 11.5 Å². The average Bonchev–Trinajstić information content (AvgIpc) is 2.56. The molecule has 6 heteroatoms. The fourth-order valence-corrected chi connectivity index (χ4v) is 2.63. The second-order valence-corrected chi connectivity index (χ2v) is 5.43. The number of nitriles is 1. The Balaban J connectivity index is 1.74. The topological polar surface area (TPSA) is 68.6 Å². The van der Waals surface area contributed by atoms with Crippen LogP contribution in [-0.4, -0.2) is 68.2 Å². The number of nitrogens with one attached hydrogen (secondary N) is 1. The van der Waals surface area contributed by atoms with Gasteiger partial charge in [-0.3, -0.25) is 9.69 Å². The summed E-state index contributed by atoms with van der Waals surface area (Å²) in [5.41, 5.74) is 0.207. The summed E-state index contributed by atoms with van der Waals surface area (Å²) in [6, 6.07) is 2.01. The first-order valence-electron chi connectivity index (χ1n) is 7.74. The van der Waals surface area contributed by atoms with Crippen molar-refractivity contribution >= 4 is 5.91 Å². The van der Waals surface area contributed by atoms with Gasteiger partial charge in [-0.05, 0) is 19.3 Å². The molecule has 0 atom stereocenters. The van der Waals surface area contributed by atoms with Gasteiger partial charge in [0.2, 0.25) is 0 Å². The Morgan fingerprint density at radius 2 is 1.90 bits per heavy atom. The lowest BCUT2D eigenvalue weighted by Gasteiger charge is -2.27. The number of piperidine rings is 1. The first-order chi connectivity index (χ1) is 10.3. The molecule has 2 saturated heterocycles. The first-order valence-corrected chi connectivity index (χ1v) is 7.74. The fraction of sp³-hybridized carbons (Fsp3) is 0.733. The number of likely N-dealkylation sites (tertiary alicyclic amines) is 1. The number of carbonyl (C=O) groups is 1. The highest BCUT2D eigenvalue weighted by Gasteiger charge is 2.20. The van der Waals surface area contributed by atoms with Crippen molar-refractivity contribution < 1.29 is 9.53 Å². The van der Waals surface area contributed by atoms with Crippen LogP contribution >= 0.6 is 0 Å². The van der Waals surface area contributed by atoms with Crippen molar-refractivity contribution in [1.29, 1.82) is 5.26 Å². The largest absolute Gasteiger partial charge is 0.388 e. The normalized spacial score (nSPS) is 20.9. The summed E-state index contributed by atoms with van der Waals surface area (Å²) >= 11 is 0. The predicted molar refractivity (Wildman–Crippen MR) is 79.4 cm³/mol. The lowest BCUT2D eigenvalue weighted by Crippen LogP contribution is -2.40. The Hall–Kier alpha value is -1.58. The quantitative estimate of drug-likeness (QED) is 0.449. The zero-order valence-corrected chi connectivity index (χ0v) is 12.5. The molecule has 2 heterocycles. The zero-order valence-electron chi connectivity index (χ0n) is 12.5. The molecule has 21 heavy (non-hydrogen) atoms. The predicted octanol–water partition coefficient (Wildman–Crippen LogP) is 0.328. The second kappa shape index (κ2) is 8.65. The third-order valence-corrected chi connectivity index (χ3v) is 3.92. The molecular formula is C15H24N4O2. The van der Waals surface area contributed by atoms with Gasteiger partial charge in [-0.15, -0.1) is 0 Å². The van der Waals surface area contributed by atoms with Gasteiger partial charge in [0.25, 0.3) is 5.91 Å². The SMILES string of the molecule is N#C/C(=C/NCCN1CCOCC1)C(=O)N1CCCCC1. The van der Waals surface area contributed by atoms with Crippen LogP contribution in [-0.2, 0) is 9.53 Å². The molecular weight excluding hydrogens is 268 g/mol. The van der Waals surface area contributed by atoms with Crippen LogP contribution in [0, 0.1) is 11.3 Å². The van der Waals surface area contributed by atoms with Crippen LogP contribution in [0.15, 0.2) is 11.8 Å². The summed E-state index contributed by atoms with van der Waals surface area (Å²) in [5, 5.41) is 12.2. The van der Waals surface area contributed by atoms with E-state index in [1.54, 1.807) is 11.1 Å². The van der Waals surface area contributed by atoms with Gasteiger partial charge in [-0.25, -0.2) is 0 Å². The van der Waals surface area contributed by atoms with Gasteiger partial charge in [0.15, 0.2) is 0 Å². The van der Waals surface area contributed by atoms with Crippen molar-refractivity contribution in [2.24, 2.45) is 0 Å². The minimum Gasteiger partial charge on any atom is -0.388 e. The smallest absolute Gasteiger partial charge is 0.265 e. The van der Waals surface area contributed by atoms with Gasteiger partial charge in [-0.2, -0.15) is 5.26 Å². The van der Waals surface area contributed by atoms with E-state index in [1.807, 2.05) is 6.07 Å². The second-order valence-electron chi connectivity index (χ2n) is 5.43. The highest BCUT2D eigenvalue weighted by molar-refractivity contribution is 5.97. The molecule has 6 nitrogen and oxygen atoms in total. The number of morpholine rings is 1. The van der Waals surface area contributed by atoms with Crippen molar-refractivity contribution in [1.82, 2.24) is 15.1 Å². The van der Waals surface area contributed by atoms with E-state index in [4.69, 9.17) is 10.00 Å². The summed E-state index contributed by atoms with van der Waals surface area (Å²) < 4.78 is 5.29.